The third kappa shape index (κ3) is 3.13. The molecule has 0 bridgehead atoms. The molecule has 0 aromatic heterocycles. The van der Waals surface area contributed by atoms with Gasteiger partial charge < -0.3 is 10.0 Å². The van der Waals surface area contributed by atoms with Gasteiger partial charge in [-0.05, 0) is 49.9 Å². The van der Waals surface area contributed by atoms with Crippen molar-refractivity contribution in [3.05, 3.63) is 34.6 Å². The topological polar surface area (TPSA) is 60.9 Å². The van der Waals surface area contributed by atoms with Crippen molar-refractivity contribution < 1.29 is 19.1 Å². The van der Waals surface area contributed by atoms with Crippen molar-refractivity contribution >= 4 is 23.5 Å². The van der Waals surface area contributed by atoms with Crippen LogP contribution in [0.5, 0.6) is 0 Å². The van der Waals surface area contributed by atoms with Gasteiger partial charge in [-0.25, -0.2) is 4.39 Å². The number of aliphatic carboxylic acids is 1. The number of halogens is 2. The van der Waals surface area contributed by atoms with Crippen molar-refractivity contribution in [1.29, 1.82) is 0 Å². The fraction of sp³-hybridized carbons (Fsp3) is 0.529. The highest BCUT2D eigenvalue weighted by Crippen LogP contribution is 2.43. The smallest absolute Gasteiger partial charge is 0.320 e. The summed E-state index contributed by atoms with van der Waals surface area (Å²) in [4.78, 5) is 27.3. The number of carbonyl (C=O) groups excluding carboxylic acids is 1. The molecule has 1 aromatic rings. The Bertz CT molecular complexity index is 674. The number of piperidine rings is 1. The lowest BCUT2D eigenvalue weighted by atomic mass is 9.76. The average Bonchev–Trinajstić information content (AvgIpc) is 2.86. The van der Waals surface area contributed by atoms with Crippen molar-refractivity contribution in [2.45, 2.75) is 25.3 Å². The Labute approximate surface area is 145 Å². The molecule has 1 spiro atoms. The number of carbonyl (C=O) groups is 2. The van der Waals surface area contributed by atoms with Crippen LogP contribution in [-0.2, 0) is 4.79 Å². The molecule has 2 aliphatic heterocycles. The van der Waals surface area contributed by atoms with Gasteiger partial charge in [0, 0.05) is 24.7 Å². The van der Waals surface area contributed by atoms with Crippen LogP contribution in [0.25, 0.3) is 0 Å². The Hall–Kier alpha value is -1.66. The van der Waals surface area contributed by atoms with E-state index in [4.69, 9.17) is 11.6 Å². The first-order valence-corrected chi connectivity index (χ1v) is 8.36. The normalized spacial score (nSPS) is 23.6. The molecule has 2 fully saturated rings. The van der Waals surface area contributed by atoms with E-state index >= 15 is 0 Å². The summed E-state index contributed by atoms with van der Waals surface area (Å²) in [5.74, 6) is -1.73. The zero-order chi connectivity index (χ0) is 17.5. The Morgan fingerprint density at radius 3 is 2.58 bits per heavy atom. The van der Waals surface area contributed by atoms with Crippen LogP contribution in [0, 0.1) is 11.2 Å². The monoisotopic (exact) mass is 354 g/mol. The molecule has 130 valence electrons. The molecule has 5 nitrogen and oxygen atoms in total. The van der Waals surface area contributed by atoms with Gasteiger partial charge in [-0.2, -0.15) is 0 Å². The minimum atomic E-state index is -0.797. The zero-order valence-electron chi connectivity index (χ0n) is 13.5. The molecule has 24 heavy (non-hydrogen) atoms. The molecule has 2 saturated heterocycles. The second-order valence-corrected chi connectivity index (χ2v) is 7.33. The first-order valence-electron chi connectivity index (χ1n) is 7.99. The van der Waals surface area contributed by atoms with Gasteiger partial charge in [-0.3, -0.25) is 14.5 Å². The summed E-state index contributed by atoms with van der Waals surface area (Å²) >= 11 is 5.86. The van der Waals surface area contributed by atoms with E-state index < -0.39 is 17.8 Å². The van der Waals surface area contributed by atoms with E-state index in [0.717, 1.165) is 19.4 Å². The van der Waals surface area contributed by atoms with Crippen molar-refractivity contribution in [2.75, 3.05) is 26.7 Å². The maximum atomic E-state index is 13.9. The number of benzene rings is 1. The highest BCUT2D eigenvalue weighted by molar-refractivity contribution is 6.31. The van der Waals surface area contributed by atoms with E-state index in [-0.39, 0.29) is 16.9 Å². The molecule has 3 rings (SSSR count). The molecule has 0 saturated carbocycles. The van der Waals surface area contributed by atoms with E-state index in [1.807, 2.05) is 11.9 Å². The van der Waals surface area contributed by atoms with Crippen LogP contribution in [-0.4, -0.2) is 59.5 Å². The molecular weight excluding hydrogens is 335 g/mol. The number of hydrogen-bond acceptors (Lipinski definition) is 3. The number of nitrogens with zero attached hydrogens (tertiary/aromatic N) is 2. The first kappa shape index (κ1) is 17.2. The Kier molecular flexibility index (Phi) is 4.53. The second-order valence-electron chi connectivity index (χ2n) is 6.89. The molecule has 1 amide bonds. The maximum absolute atomic E-state index is 13.9. The molecule has 1 atom stereocenters. The SMILES string of the molecule is CN1CC2(CCN(C(=O)c3cc(Cl)ccc3F)CC2)C[C@H]1C(=O)O. The van der Waals surface area contributed by atoms with Gasteiger partial charge in [0.15, 0.2) is 0 Å². The molecule has 1 N–H and O–H groups in total. The van der Waals surface area contributed by atoms with Crippen molar-refractivity contribution in [3.8, 4) is 0 Å². The predicted octanol–water partition coefficient (Wildman–Crippen LogP) is 2.49. The number of likely N-dealkylation sites (N-methyl/N-ethyl adjacent to an activating group) is 1. The van der Waals surface area contributed by atoms with Crippen LogP contribution in [0.3, 0.4) is 0 Å². The number of likely N-dealkylation sites (tertiary alicyclic amines) is 2. The third-order valence-corrected chi connectivity index (χ3v) is 5.53. The van der Waals surface area contributed by atoms with Gasteiger partial charge >= 0.3 is 5.97 Å². The fourth-order valence-corrected chi connectivity index (χ4v) is 4.10. The van der Waals surface area contributed by atoms with E-state index in [2.05, 4.69) is 0 Å². The molecule has 0 aliphatic carbocycles. The summed E-state index contributed by atoms with van der Waals surface area (Å²) in [7, 11) is 1.83. The number of rotatable bonds is 2. The molecular formula is C17H20ClFN2O3. The van der Waals surface area contributed by atoms with E-state index in [0.29, 0.717) is 24.5 Å². The summed E-state index contributed by atoms with van der Waals surface area (Å²) in [6.07, 6.45) is 2.07. The summed E-state index contributed by atoms with van der Waals surface area (Å²) < 4.78 is 13.9. The minimum Gasteiger partial charge on any atom is -0.480 e. The summed E-state index contributed by atoms with van der Waals surface area (Å²) in [5, 5.41) is 9.61. The van der Waals surface area contributed by atoms with Crippen LogP contribution in [0.15, 0.2) is 18.2 Å². The first-order chi connectivity index (χ1) is 11.3. The Balaban J connectivity index is 1.68. The lowest BCUT2D eigenvalue weighted by Crippen LogP contribution is -2.44. The number of hydrogen-bond donors (Lipinski definition) is 1. The van der Waals surface area contributed by atoms with Gasteiger partial charge in [0.1, 0.15) is 11.9 Å². The van der Waals surface area contributed by atoms with E-state index in [1.54, 1.807) is 4.90 Å². The van der Waals surface area contributed by atoms with Gasteiger partial charge in [-0.1, -0.05) is 11.6 Å². The highest BCUT2D eigenvalue weighted by atomic mass is 35.5. The van der Waals surface area contributed by atoms with Crippen molar-refractivity contribution in [1.82, 2.24) is 9.80 Å². The number of carboxylic acid groups (broad SMARTS) is 1. The van der Waals surface area contributed by atoms with Gasteiger partial charge in [0.25, 0.3) is 5.91 Å². The zero-order valence-corrected chi connectivity index (χ0v) is 14.2. The quantitative estimate of drug-likeness (QED) is 0.886. The summed E-state index contributed by atoms with van der Waals surface area (Å²) in [6, 6.07) is 3.51. The van der Waals surface area contributed by atoms with Crippen molar-refractivity contribution in [3.63, 3.8) is 0 Å². The van der Waals surface area contributed by atoms with Crippen LogP contribution < -0.4 is 0 Å². The molecule has 2 heterocycles. The largest absolute Gasteiger partial charge is 0.480 e. The van der Waals surface area contributed by atoms with Crippen LogP contribution in [0.4, 0.5) is 4.39 Å². The lowest BCUT2D eigenvalue weighted by Gasteiger charge is -2.39. The third-order valence-electron chi connectivity index (χ3n) is 5.30. The van der Waals surface area contributed by atoms with E-state index in [9.17, 15) is 19.1 Å². The molecule has 1 aromatic carbocycles. The van der Waals surface area contributed by atoms with Gasteiger partial charge in [0.05, 0.1) is 5.56 Å². The Morgan fingerprint density at radius 1 is 1.33 bits per heavy atom. The van der Waals surface area contributed by atoms with E-state index in [1.165, 1.54) is 18.2 Å². The summed E-state index contributed by atoms with van der Waals surface area (Å²) in [5.41, 5.74) is -0.0769. The minimum absolute atomic E-state index is 0.00889. The van der Waals surface area contributed by atoms with Gasteiger partial charge in [-0.15, -0.1) is 0 Å². The lowest BCUT2D eigenvalue weighted by molar-refractivity contribution is -0.141. The van der Waals surface area contributed by atoms with Crippen LogP contribution in [0.1, 0.15) is 29.6 Å². The number of carboxylic acids is 1. The van der Waals surface area contributed by atoms with Crippen LogP contribution in [0.2, 0.25) is 5.02 Å². The Morgan fingerprint density at radius 2 is 2.00 bits per heavy atom. The molecule has 2 aliphatic rings. The molecule has 0 unspecified atom stereocenters. The van der Waals surface area contributed by atoms with Crippen LogP contribution >= 0.6 is 11.6 Å². The fourth-order valence-electron chi connectivity index (χ4n) is 3.92. The highest BCUT2D eigenvalue weighted by Gasteiger charge is 2.47. The summed E-state index contributed by atoms with van der Waals surface area (Å²) in [6.45, 7) is 1.73. The van der Waals surface area contributed by atoms with Crippen molar-refractivity contribution in [2.24, 2.45) is 5.41 Å². The second kappa shape index (κ2) is 6.33. The maximum Gasteiger partial charge on any atom is 0.320 e. The molecule has 0 radical (unpaired) electrons. The predicted molar refractivity (Wildman–Crippen MR) is 87.7 cm³/mol. The number of amides is 1. The standard InChI is InChI=1S/C17H20ClFN2O3/c1-20-10-17(9-14(20)16(23)24)4-6-21(7-5-17)15(22)12-8-11(18)2-3-13(12)19/h2-3,8,14H,4-7,9-10H2,1H3,(H,23,24)/t14-/m0/s1. The van der Waals surface area contributed by atoms with Gasteiger partial charge in [0.2, 0.25) is 0 Å². The molecule has 7 heteroatoms. The average molecular weight is 355 g/mol.